The Balaban J connectivity index is 1.96. The minimum atomic E-state index is -2.56. The van der Waals surface area contributed by atoms with E-state index in [2.05, 4.69) is 5.32 Å². The smallest absolute Gasteiger partial charge is 0.288 e. The summed E-state index contributed by atoms with van der Waals surface area (Å²) < 4.78 is 25.4. The lowest BCUT2D eigenvalue weighted by Gasteiger charge is -2.22. The standard InChI is InChI=1S/C22H17Cl2F2NOS2/c1-29-15-10-8-13(9-11-15)20(17-6-3-7-18(23)19(17)24)27-21(28)14-4-2-5-16(12-14)30-22(25)26/h2-12,20,22H,1H3,(H,27,28). The normalized spacial score (nSPS) is 12.1. The van der Waals surface area contributed by atoms with Crippen LogP contribution in [0.15, 0.2) is 76.5 Å². The largest absolute Gasteiger partial charge is 0.341 e. The zero-order valence-corrected chi connectivity index (χ0v) is 18.9. The molecule has 3 rings (SSSR count). The summed E-state index contributed by atoms with van der Waals surface area (Å²) in [5.41, 5.74) is 1.75. The molecule has 1 amide bonds. The van der Waals surface area contributed by atoms with Gasteiger partial charge in [0.15, 0.2) is 0 Å². The van der Waals surface area contributed by atoms with E-state index >= 15 is 0 Å². The molecule has 1 atom stereocenters. The number of halogens is 4. The maximum atomic E-state index is 13.0. The molecule has 30 heavy (non-hydrogen) atoms. The van der Waals surface area contributed by atoms with Crippen molar-refractivity contribution in [2.75, 3.05) is 6.26 Å². The van der Waals surface area contributed by atoms with E-state index in [1.807, 2.05) is 30.5 Å². The summed E-state index contributed by atoms with van der Waals surface area (Å²) in [6, 6.07) is 18.6. The highest BCUT2D eigenvalue weighted by Gasteiger charge is 2.22. The molecular formula is C22H17Cl2F2NOS2. The topological polar surface area (TPSA) is 29.1 Å². The van der Waals surface area contributed by atoms with E-state index < -0.39 is 17.7 Å². The van der Waals surface area contributed by atoms with E-state index in [4.69, 9.17) is 23.2 Å². The Morgan fingerprint density at radius 3 is 2.33 bits per heavy atom. The highest BCUT2D eigenvalue weighted by molar-refractivity contribution is 7.99. The fraction of sp³-hybridized carbons (Fsp3) is 0.136. The quantitative estimate of drug-likeness (QED) is 0.351. The van der Waals surface area contributed by atoms with E-state index in [0.717, 1.165) is 10.5 Å². The predicted octanol–water partition coefficient (Wildman–Crippen LogP) is 7.55. The third kappa shape index (κ3) is 5.70. The first kappa shape index (κ1) is 22.9. The van der Waals surface area contributed by atoms with Crippen molar-refractivity contribution in [3.05, 3.63) is 93.5 Å². The Hall–Kier alpha value is -1.73. The van der Waals surface area contributed by atoms with E-state index in [-0.39, 0.29) is 5.56 Å². The van der Waals surface area contributed by atoms with Crippen LogP contribution in [0.25, 0.3) is 0 Å². The zero-order chi connectivity index (χ0) is 21.7. The van der Waals surface area contributed by atoms with Crippen LogP contribution < -0.4 is 5.32 Å². The minimum Gasteiger partial charge on any atom is -0.341 e. The van der Waals surface area contributed by atoms with Gasteiger partial charge in [0.05, 0.1) is 16.1 Å². The van der Waals surface area contributed by atoms with Gasteiger partial charge in [-0.1, -0.05) is 65.3 Å². The number of rotatable bonds is 7. The molecule has 0 fully saturated rings. The van der Waals surface area contributed by atoms with Gasteiger partial charge < -0.3 is 5.32 Å². The van der Waals surface area contributed by atoms with Gasteiger partial charge in [0.2, 0.25) is 0 Å². The lowest BCUT2D eigenvalue weighted by atomic mass is 9.98. The van der Waals surface area contributed by atoms with Gasteiger partial charge in [-0.15, -0.1) is 11.8 Å². The molecule has 0 radical (unpaired) electrons. The molecule has 0 spiro atoms. The second kappa shape index (κ2) is 10.5. The Bertz CT molecular complexity index is 1030. The number of carbonyl (C=O) groups is 1. The average Bonchev–Trinajstić information content (AvgIpc) is 2.74. The molecule has 0 saturated heterocycles. The predicted molar refractivity (Wildman–Crippen MR) is 122 cm³/mol. The Morgan fingerprint density at radius 2 is 1.67 bits per heavy atom. The van der Waals surface area contributed by atoms with Crippen molar-refractivity contribution >= 4 is 52.6 Å². The molecular weight excluding hydrogens is 467 g/mol. The summed E-state index contributed by atoms with van der Waals surface area (Å²) in [6.07, 6.45) is 1.98. The molecule has 156 valence electrons. The highest BCUT2D eigenvalue weighted by atomic mass is 35.5. The number of nitrogens with one attached hydrogen (secondary N) is 1. The van der Waals surface area contributed by atoms with Gasteiger partial charge in [0.25, 0.3) is 11.7 Å². The van der Waals surface area contributed by atoms with Crippen LogP contribution in [0.5, 0.6) is 0 Å². The van der Waals surface area contributed by atoms with Crippen LogP contribution in [0.3, 0.4) is 0 Å². The van der Waals surface area contributed by atoms with Crippen molar-refractivity contribution in [2.45, 2.75) is 21.6 Å². The van der Waals surface area contributed by atoms with Crippen molar-refractivity contribution in [2.24, 2.45) is 0 Å². The van der Waals surface area contributed by atoms with Crippen LogP contribution in [0, 0.1) is 0 Å². The summed E-state index contributed by atoms with van der Waals surface area (Å²) in [4.78, 5) is 14.4. The Labute approximate surface area is 192 Å². The van der Waals surface area contributed by atoms with E-state index in [1.165, 1.54) is 6.07 Å². The van der Waals surface area contributed by atoms with Crippen molar-refractivity contribution in [3.8, 4) is 0 Å². The number of carbonyl (C=O) groups excluding carboxylic acids is 1. The first-order chi connectivity index (χ1) is 14.4. The maximum absolute atomic E-state index is 13.0. The highest BCUT2D eigenvalue weighted by Crippen LogP contribution is 2.34. The minimum absolute atomic E-state index is 0.282. The fourth-order valence-electron chi connectivity index (χ4n) is 2.91. The molecule has 0 aliphatic carbocycles. The van der Waals surface area contributed by atoms with Gasteiger partial charge in [0.1, 0.15) is 0 Å². The summed E-state index contributed by atoms with van der Waals surface area (Å²) >= 11 is 14.6. The first-order valence-electron chi connectivity index (χ1n) is 8.82. The van der Waals surface area contributed by atoms with Crippen molar-refractivity contribution in [1.29, 1.82) is 0 Å². The molecule has 0 aromatic heterocycles. The number of amides is 1. The van der Waals surface area contributed by atoms with Crippen LogP contribution in [0.1, 0.15) is 27.5 Å². The van der Waals surface area contributed by atoms with Gasteiger partial charge in [-0.3, -0.25) is 4.79 Å². The second-order valence-electron chi connectivity index (χ2n) is 6.23. The molecule has 0 heterocycles. The second-order valence-corrected chi connectivity index (χ2v) is 8.96. The summed E-state index contributed by atoms with van der Waals surface area (Å²) in [6.45, 7) is 0. The average molecular weight is 484 g/mol. The Morgan fingerprint density at radius 1 is 0.967 bits per heavy atom. The molecule has 1 N–H and O–H groups in total. The first-order valence-corrected chi connectivity index (χ1v) is 11.7. The van der Waals surface area contributed by atoms with Crippen molar-refractivity contribution in [3.63, 3.8) is 0 Å². The van der Waals surface area contributed by atoms with Gasteiger partial charge in [-0.2, -0.15) is 8.78 Å². The fourth-order valence-corrected chi connectivity index (χ4v) is 4.29. The zero-order valence-electron chi connectivity index (χ0n) is 15.7. The van der Waals surface area contributed by atoms with Gasteiger partial charge in [-0.05, 0) is 53.8 Å². The van der Waals surface area contributed by atoms with Crippen molar-refractivity contribution in [1.82, 2.24) is 5.32 Å². The van der Waals surface area contributed by atoms with Crippen molar-refractivity contribution < 1.29 is 13.6 Å². The molecule has 8 heteroatoms. The van der Waals surface area contributed by atoms with Crippen LogP contribution in [-0.2, 0) is 0 Å². The van der Waals surface area contributed by atoms with Crippen LogP contribution in [-0.4, -0.2) is 17.9 Å². The molecule has 0 aliphatic rings. The Kier molecular flexibility index (Phi) is 8.06. The third-order valence-corrected chi connectivity index (χ3v) is 6.62. The summed E-state index contributed by atoms with van der Waals surface area (Å²) in [7, 11) is 0. The van der Waals surface area contributed by atoms with Crippen LogP contribution in [0.2, 0.25) is 10.0 Å². The van der Waals surface area contributed by atoms with E-state index in [9.17, 15) is 13.6 Å². The monoisotopic (exact) mass is 483 g/mol. The summed E-state index contributed by atoms with van der Waals surface area (Å²) in [5, 5.41) is 3.69. The lowest BCUT2D eigenvalue weighted by Crippen LogP contribution is -2.29. The molecule has 3 aromatic carbocycles. The molecule has 0 bridgehead atoms. The molecule has 2 nitrogen and oxygen atoms in total. The third-order valence-electron chi connectivity index (χ3n) is 4.34. The SMILES string of the molecule is CSc1ccc(C(NC(=O)c2cccc(SC(F)F)c2)c2cccc(Cl)c2Cl)cc1. The molecule has 1 unspecified atom stereocenters. The molecule has 0 aliphatic heterocycles. The van der Waals surface area contributed by atoms with Gasteiger partial charge in [-0.25, -0.2) is 0 Å². The van der Waals surface area contributed by atoms with E-state index in [1.54, 1.807) is 48.2 Å². The molecule has 3 aromatic rings. The number of alkyl halides is 2. The maximum Gasteiger partial charge on any atom is 0.288 e. The van der Waals surface area contributed by atoms with Crippen LogP contribution >= 0.6 is 46.7 Å². The number of thioether (sulfide) groups is 2. The van der Waals surface area contributed by atoms with Gasteiger partial charge in [0, 0.05) is 15.4 Å². The number of hydrogen-bond donors (Lipinski definition) is 1. The number of benzene rings is 3. The number of hydrogen-bond acceptors (Lipinski definition) is 3. The van der Waals surface area contributed by atoms with E-state index in [0.29, 0.717) is 32.3 Å². The molecule has 0 saturated carbocycles. The van der Waals surface area contributed by atoms with Crippen LogP contribution in [0.4, 0.5) is 8.78 Å². The summed E-state index contributed by atoms with van der Waals surface area (Å²) in [5.74, 6) is -2.96. The van der Waals surface area contributed by atoms with Gasteiger partial charge >= 0.3 is 0 Å². The lowest BCUT2D eigenvalue weighted by molar-refractivity contribution is 0.0942.